The number of H-pyrrole nitrogens is 2. The number of likely N-dealkylation sites (N-methyl/N-ethyl adjacent to an activating group) is 1. The van der Waals surface area contributed by atoms with Crippen LogP contribution < -0.4 is 5.56 Å². The summed E-state index contributed by atoms with van der Waals surface area (Å²) in [6.07, 6.45) is -2.91. The van der Waals surface area contributed by atoms with Crippen LogP contribution in [0.3, 0.4) is 0 Å². The highest BCUT2D eigenvalue weighted by molar-refractivity contribution is 5.99. The molecule has 0 aliphatic carbocycles. The van der Waals surface area contributed by atoms with E-state index in [9.17, 15) is 27.2 Å². The van der Waals surface area contributed by atoms with Gasteiger partial charge in [0.2, 0.25) is 0 Å². The Bertz CT molecular complexity index is 1480. The molecule has 33 heavy (non-hydrogen) atoms. The van der Waals surface area contributed by atoms with E-state index in [1.54, 1.807) is 0 Å². The first-order valence-corrected chi connectivity index (χ1v) is 10.0. The first kappa shape index (κ1) is 21.2. The Morgan fingerprint density at radius 1 is 1.06 bits per heavy atom. The number of carbonyl (C=O) groups excluding carboxylic acids is 1. The number of nitrogens with zero attached hydrogens (tertiary/aromatic N) is 1. The molecule has 0 unspecified atom stereocenters. The highest BCUT2D eigenvalue weighted by Crippen LogP contribution is 2.35. The van der Waals surface area contributed by atoms with E-state index in [1.165, 1.54) is 30.1 Å². The number of rotatable bonds is 3. The molecule has 0 saturated heterocycles. The Kier molecular flexibility index (Phi) is 4.97. The van der Waals surface area contributed by atoms with Gasteiger partial charge in [-0.3, -0.25) is 9.59 Å². The Balaban J connectivity index is 1.59. The topological polar surface area (TPSA) is 78.2 Å². The average molecular weight is 459 g/mol. The zero-order valence-corrected chi connectivity index (χ0v) is 17.2. The van der Waals surface area contributed by atoms with Crippen LogP contribution in [-0.2, 0) is 11.3 Å². The zero-order valence-electron chi connectivity index (χ0n) is 17.2. The van der Waals surface area contributed by atoms with Crippen molar-refractivity contribution in [1.82, 2.24) is 14.9 Å². The number of aromatic nitrogens is 2. The Morgan fingerprint density at radius 3 is 2.61 bits per heavy atom. The SMILES string of the molecule is CN(C(=O)c1cc2c(C(F)F)cc(F)cc2[nH]1)[C@@H]1COCc2[nH]c(=O)c3cc(F)ccc3c21. The first-order chi connectivity index (χ1) is 15.7. The number of pyridine rings is 1. The van der Waals surface area contributed by atoms with Crippen molar-refractivity contribution in [3.63, 3.8) is 0 Å². The average Bonchev–Trinajstić information content (AvgIpc) is 3.21. The molecule has 1 aliphatic heterocycles. The number of carbonyl (C=O) groups is 1. The van der Waals surface area contributed by atoms with Gasteiger partial charge in [-0.2, -0.15) is 0 Å². The maximum Gasteiger partial charge on any atom is 0.270 e. The molecule has 4 aromatic rings. The molecule has 170 valence electrons. The third-order valence-electron chi connectivity index (χ3n) is 5.95. The molecular weight excluding hydrogens is 442 g/mol. The molecule has 0 saturated carbocycles. The summed E-state index contributed by atoms with van der Waals surface area (Å²) in [5, 5.41) is 0.680. The lowest BCUT2D eigenvalue weighted by Crippen LogP contribution is -2.37. The second kappa shape index (κ2) is 7.73. The Labute approximate surface area is 183 Å². The van der Waals surface area contributed by atoms with Crippen molar-refractivity contribution in [2.24, 2.45) is 0 Å². The molecule has 1 atom stereocenters. The van der Waals surface area contributed by atoms with E-state index in [1.807, 2.05) is 0 Å². The second-order valence-electron chi connectivity index (χ2n) is 7.92. The number of hydrogen-bond donors (Lipinski definition) is 2. The van der Waals surface area contributed by atoms with Gasteiger partial charge in [0.15, 0.2) is 0 Å². The van der Waals surface area contributed by atoms with Crippen LogP contribution in [0.1, 0.15) is 39.8 Å². The molecule has 5 rings (SSSR count). The minimum absolute atomic E-state index is 0.00750. The minimum Gasteiger partial charge on any atom is -0.373 e. The normalized spacial score (nSPS) is 15.9. The molecule has 10 heteroatoms. The van der Waals surface area contributed by atoms with Gasteiger partial charge in [0.05, 0.1) is 24.6 Å². The fraction of sp³-hybridized carbons (Fsp3) is 0.217. The molecule has 2 aromatic heterocycles. The monoisotopic (exact) mass is 459 g/mol. The van der Waals surface area contributed by atoms with E-state index in [2.05, 4.69) is 9.97 Å². The van der Waals surface area contributed by atoms with E-state index in [0.717, 1.165) is 18.2 Å². The fourth-order valence-corrected chi connectivity index (χ4v) is 4.39. The maximum atomic E-state index is 13.8. The second-order valence-corrected chi connectivity index (χ2v) is 7.92. The van der Waals surface area contributed by atoms with Gasteiger partial charge < -0.3 is 19.6 Å². The summed E-state index contributed by atoms with van der Waals surface area (Å²) in [6, 6.07) is 6.24. The van der Waals surface area contributed by atoms with Crippen molar-refractivity contribution in [3.05, 3.63) is 80.9 Å². The van der Waals surface area contributed by atoms with E-state index in [-0.39, 0.29) is 35.2 Å². The number of hydrogen-bond acceptors (Lipinski definition) is 3. The molecule has 1 amide bonds. The highest BCUT2D eigenvalue weighted by Gasteiger charge is 2.32. The van der Waals surface area contributed by atoms with Gasteiger partial charge in [-0.25, -0.2) is 17.6 Å². The van der Waals surface area contributed by atoms with Gasteiger partial charge in [-0.05, 0) is 35.7 Å². The summed E-state index contributed by atoms with van der Waals surface area (Å²) in [6.45, 7) is 0.213. The molecule has 1 aliphatic rings. The van der Waals surface area contributed by atoms with Crippen molar-refractivity contribution in [2.75, 3.05) is 13.7 Å². The van der Waals surface area contributed by atoms with Crippen molar-refractivity contribution in [2.45, 2.75) is 19.1 Å². The van der Waals surface area contributed by atoms with Crippen LogP contribution in [0.4, 0.5) is 17.6 Å². The van der Waals surface area contributed by atoms with E-state index >= 15 is 0 Å². The minimum atomic E-state index is -2.91. The van der Waals surface area contributed by atoms with Crippen LogP contribution in [0.25, 0.3) is 21.7 Å². The molecular formula is C23H17F4N3O3. The van der Waals surface area contributed by atoms with Gasteiger partial charge >= 0.3 is 0 Å². The number of aromatic amines is 2. The number of alkyl halides is 2. The zero-order chi connectivity index (χ0) is 23.4. The largest absolute Gasteiger partial charge is 0.373 e. The van der Waals surface area contributed by atoms with Gasteiger partial charge in [0.25, 0.3) is 17.9 Å². The Morgan fingerprint density at radius 2 is 1.85 bits per heavy atom. The van der Waals surface area contributed by atoms with Crippen molar-refractivity contribution in [1.29, 1.82) is 0 Å². The molecule has 2 aromatic carbocycles. The van der Waals surface area contributed by atoms with Gasteiger partial charge in [-0.15, -0.1) is 0 Å². The standard InChI is InChI=1S/C23H17F4N3O3/c1-30(23(32)17-7-13-14(21(26)27)5-11(25)6-16(13)28-17)19-9-33-8-18-20(19)12-3-2-10(24)4-15(12)22(31)29-18/h2-7,19,21,28H,8-9H2,1H3,(H,29,31)/t19-/m1/s1. The van der Waals surface area contributed by atoms with Crippen LogP contribution in [-0.4, -0.2) is 34.4 Å². The lowest BCUT2D eigenvalue weighted by molar-refractivity contribution is 0.0333. The lowest BCUT2D eigenvalue weighted by Gasteiger charge is -2.33. The highest BCUT2D eigenvalue weighted by atomic mass is 19.3. The van der Waals surface area contributed by atoms with Gasteiger partial charge in [0.1, 0.15) is 17.3 Å². The predicted octanol–water partition coefficient (Wildman–Crippen LogP) is 4.57. The van der Waals surface area contributed by atoms with Crippen molar-refractivity contribution < 1.29 is 27.1 Å². The molecule has 2 N–H and O–H groups in total. The molecule has 0 bridgehead atoms. The van der Waals surface area contributed by atoms with E-state index in [4.69, 9.17) is 4.74 Å². The fourth-order valence-electron chi connectivity index (χ4n) is 4.39. The molecule has 0 fully saturated rings. The van der Waals surface area contributed by atoms with Crippen molar-refractivity contribution >= 4 is 27.6 Å². The molecule has 0 spiro atoms. The number of amides is 1. The van der Waals surface area contributed by atoms with Crippen molar-refractivity contribution in [3.8, 4) is 0 Å². The number of benzene rings is 2. The summed E-state index contributed by atoms with van der Waals surface area (Å²) in [5.74, 6) is -1.96. The van der Waals surface area contributed by atoms with E-state index in [0.29, 0.717) is 16.6 Å². The molecule has 0 radical (unpaired) electrons. The number of ether oxygens (including phenoxy) is 1. The van der Waals surface area contributed by atoms with Gasteiger partial charge in [0, 0.05) is 34.8 Å². The predicted molar refractivity (Wildman–Crippen MR) is 112 cm³/mol. The van der Waals surface area contributed by atoms with Crippen LogP contribution >= 0.6 is 0 Å². The first-order valence-electron chi connectivity index (χ1n) is 10.0. The number of halogens is 4. The smallest absolute Gasteiger partial charge is 0.270 e. The third kappa shape index (κ3) is 3.46. The molecule has 6 nitrogen and oxygen atoms in total. The summed E-state index contributed by atoms with van der Waals surface area (Å²) in [4.78, 5) is 32.4. The Hall–Kier alpha value is -3.66. The van der Waals surface area contributed by atoms with Gasteiger partial charge in [-0.1, -0.05) is 6.07 Å². The molecule has 3 heterocycles. The third-order valence-corrected chi connectivity index (χ3v) is 5.95. The number of nitrogens with one attached hydrogen (secondary N) is 2. The van der Waals surface area contributed by atoms with Crippen LogP contribution in [0.2, 0.25) is 0 Å². The van der Waals surface area contributed by atoms with E-state index < -0.39 is 41.1 Å². The summed E-state index contributed by atoms with van der Waals surface area (Å²) >= 11 is 0. The summed E-state index contributed by atoms with van der Waals surface area (Å²) in [5.41, 5.74) is 0.161. The number of fused-ring (bicyclic) bond motifs is 4. The van der Waals surface area contributed by atoms with Crippen LogP contribution in [0, 0.1) is 11.6 Å². The van der Waals surface area contributed by atoms with Crippen LogP contribution in [0.15, 0.2) is 41.2 Å². The quantitative estimate of drug-likeness (QED) is 0.441. The maximum absolute atomic E-state index is 13.8. The summed E-state index contributed by atoms with van der Waals surface area (Å²) < 4.78 is 59.8. The summed E-state index contributed by atoms with van der Waals surface area (Å²) in [7, 11) is 1.51. The van der Waals surface area contributed by atoms with Crippen LogP contribution in [0.5, 0.6) is 0 Å². The lowest BCUT2D eigenvalue weighted by atomic mass is 9.95.